The molecule has 246 valence electrons. The maximum atomic E-state index is 14.6. The van der Waals surface area contributed by atoms with Crippen LogP contribution in [0.3, 0.4) is 0 Å². The number of ether oxygens (including phenoxy) is 3. The number of carbonyl (C=O) groups is 1. The number of benzene rings is 4. The molecule has 0 amide bonds. The highest BCUT2D eigenvalue weighted by atomic mass is 19.1. The molecule has 0 saturated carbocycles. The molecule has 0 aliphatic carbocycles. The lowest BCUT2D eigenvalue weighted by molar-refractivity contribution is -0.0527. The first kappa shape index (κ1) is 36.2. The van der Waals surface area contributed by atoms with Crippen LogP contribution in [0, 0.1) is 23.5 Å². The van der Waals surface area contributed by atoms with Crippen molar-refractivity contribution in [2.45, 2.75) is 46.5 Å². The van der Waals surface area contributed by atoms with Crippen molar-refractivity contribution in [1.82, 2.24) is 0 Å². The van der Waals surface area contributed by atoms with Crippen LogP contribution in [0.15, 0.2) is 72.8 Å². The lowest BCUT2D eigenvalue weighted by atomic mass is 9.72. The minimum atomic E-state index is -1.16. The molecule has 0 bridgehead atoms. The number of aliphatic hydroxyl groups is 3. The fourth-order valence-corrected chi connectivity index (χ4v) is 5.42. The van der Waals surface area contributed by atoms with E-state index in [0.29, 0.717) is 44.9 Å². The summed E-state index contributed by atoms with van der Waals surface area (Å²) >= 11 is 0. The topological polar surface area (TPSA) is 105 Å². The van der Waals surface area contributed by atoms with E-state index in [1.807, 2.05) is 27.7 Å². The highest BCUT2D eigenvalue weighted by Crippen LogP contribution is 2.43. The molecule has 0 aliphatic rings. The molecule has 9 heteroatoms. The van der Waals surface area contributed by atoms with Gasteiger partial charge in [0.2, 0.25) is 0 Å². The number of hydrogen-bond acceptors (Lipinski definition) is 7. The summed E-state index contributed by atoms with van der Waals surface area (Å²) in [5, 5.41) is 30.2. The Morgan fingerprint density at radius 2 is 1.13 bits per heavy atom. The Balaban J connectivity index is 0.000000254. The van der Waals surface area contributed by atoms with Crippen molar-refractivity contribution in [1.29, 1.82) is 0 Å². The van der Waals surface area contributed by atoms with Crippen molar-refractivity contribution in [3.05, 3.63) is 107 Å². The molecule has 0 saturated heterocycles. The smallest absolute Gasteiger partial charge is 0.338 e. The predicted octanol–water partition coefficient (Wildman–Crippen LogP) is 7.27. The zero-order valence-electron chi connectivity index (χ0n) is 27.2. The van der Waals surface area contributed by atoms with Gasteiger partial charge in [-0.1, -0.05) is 52.0 Å². The van der Waals surface area contributed by atoms with Gasteiger partial charge >= 0.3 is 5.97 Å². The van der Waals surface area contributed by atoms with E-state index in [1.54, 1.807) is 42.5 Å². The molecule has 3 N–H and O–H groups in total. The molecule has 0 radical (unpaired) electrons. The molecular weight excluding hydrogens is 594 g/mol. The third-order valence-electron chi connectivity index (χ3n) is 8.06. The molecule has 0 heterocycles. The van der Waals surface area contributed by atoms with Crippen LogP contribution in [0.25, 0.3) is 22.3 Å². The molecule has 4 aromatic rings. The van der Waals surface area contributed by atoms with Gasteiger partial charge in [-0.3, -0.25) is 0 Å². The first-order valence-electron chi connectivity index (χ1n) is 14.8. The van der Waals surface area contributed by atoms with Gasteiger partial charge < -0.3 is 29.5 Å². The average molecular weight is 637 g/mol. The number of aliphatic hydroxyl groups excluding tert-OH is 2. The second kappa shape index (κ2) is 15.8. The second-order valence-electron chi connectivity index (χ2n) is 11.4. The zero-order valence-corrected chi connectivity index (χ0v) is 27.2. The van der Waals surface area contributed by atoms with Crippen LogP contribution in [0.1, 0.15) is 54.7 Å². The Kier molecular flexibility index (Phi) is 12.4. The fourth-order valence-electron chi connectivity index (χ4n) is 5.42. The number of rotatable bonds is 10. The van der Waals surface area contributed by atoms with Gasteiger partial charge in [0.15, 0.2) is 0 Å². The predicted molar refractivity (Wildman–Crippen MR) is 174 cm³/mol. The van der Waals surface area contributed by atoms with Crippen LogP contribution in [0.4, 0.5) is 8.78 Å². The van der Waals surface area contributed by atoms with Crippen LogP contribution in [-0.4, -0.2) is 42.6 Å². The van der Waals surface area contributed by atoms with Crippen molar-refractivity contribution in [2.75, 3.05) is 21.3 Å². The van der Waals surface area contributed by atoms with Crippen molar-refractivity contribution in [3.8, 4) is 33.8 Å². The molecule has 0 aromatic heterocycles. The van der Waals surface area contributed by atoms with Crippen LogP contribution in [0.2, 0.25) is 0 Å². The third kappa shape index (κ3) is 7.73. The first-order valence-corrected chi connectivity index (χ1v) is 14.8. The number of carbonyl (C=O) groups excluding carboxylic acids is 1. The Hall–Kier alpha value is -4.31. The average Bonchev–Trinajstić information content (AvgIpc) is 3.07. The van der Waals surface area contributed by atoms with E-state index < -0.39 is 17.4 Å². The van der Waals surface area contributed by atoms with Crippen LogP contribution in [-0.2, 0) is 23.6 Å². The molecule has 4 aromatic carbocycles. The van der Waals surface area contributed by atoms with E-state index >= 15 is 0 Å². The van der Waals surface area contributed by atoms with E-state index in [1.165, 1.54) is 51.7 Å². The Labute approximate surface area is 269 Å². The van der Waals surface area contributed by atoms with Crippen LogP contribution >= 0.6 is 0 Å². The first-order chi connectivity index (χ1) is 21.8. The molecule has 0 spiro atoms. The summed E-state index contributed by atoms with van der Waals surface area (Å²) in [5.74, 6) is -0.601. The lowest BCUT2D eigenvalue weighted by Crippen LogP contribution is -2.38. The molecule has 0 aliphatic heterocycles. The number of hydrogen-bond donors (Lipinski definition) is 3. The van der Waals surface area contributed by atoms with Crippen molar-refractivity contribution in [2.24, 2.45) is 11.8 Å². The SMILES string of the molecule is COC(=O)c1cc(CO)ccc1-c1cc(OC)ccc1F.COc1ccc(F)c(-c2ccc(CO)cc2C(O)(C(C)C)C(C)C)c1. The van der Waals surface area contributed by atoms with Crippen molar-refractivity contribution in [3.63, 3.8) is 0 Å². The number of halogens is 2. The quantitative estimate of drug-likeness (QED) is 0.157. The molecule has 46 heavy (non-hydrogen) atoms. The molecule has 7 nitrogen and oxygen atoms in total. The van der Waals surface area contributed by atoms with E-state index in [0.717, 1.165) is 0 Å². The summed E-state index contributed by atoms with van der Waals surface area (Å²) < 4.78 is 43.6. The van der Waals surface area contributed by atoms with E-state index in [2.05, 4.69) is 0 Å². The third-order valence-corrected chi connectivity index (χ3v) is 8.06. The molecule has 0 unspecified atom stereocenters. The van der Waals surface area contributed by atoms with Gasteiger partial charge in [-0.25, -0.2) is 13.6 Å². The lowest BCUT2D eigenvalue weighted by Gasteiger charge is -2.38. The summed E-state index contributed by atoms with van der Waals surface area (Å²) in [5.41, 5.74) is 2.49. The second-order valence-corrected chi connectivity index (χ2v) is 11.4. The Morgan fingerprint density at radius 1 is 0.674 bits per heavy atom. The molecule has 0 atom stereocenters. The summed E-state index contributed by atoms with van der Waals surface area (Å²) in [6, 6.07) is 18.8. The Bertz CT molecular complexity index is 1640. The van der Waals surface area contributed by atoms with Gasteiger partial charge in [0.1, 0.15) is 23.1 Å². The monoisotopic (exact) mass is 636 g/mol. The normalized spacial score (nSPS) is 11.3. The van der Waals surface area contributed by atoms with Crippen LogP contribution < -0.4 is 9.47 Å². The number of methoxy groups -OCH3 is 3. The van der Waals surface area contributed by atoms with Gasteiger partial charge in [0.05, 0.1) is 45.7 Å². The molecule has 0 fully saturated rings. The number of esters is 1. The largest absolute Gasteiger partial charge is 0.497 e. The highest BCUT2D eigenvalue weighted by Gasteiger charge is 2.39. The van der Waals surface area contributed by atoms with E-state index in [-0.39, 0.29) is 42.0 Å². The summed E-state index contributed by atoms with van der Waals surface area (Å²) in [7, 11) is 4.26. The van der Waals surface area contributed by atoms with Gasteiger partial charge in [-0.05, 0) is 88.2 Å². The molecule has 4 rings (SSSR count). The summed E-state index contributed by atoms with van der Waals surface area (Å²) in [4.78, 5) is 11.9. The van der Waals surface area contributed by atoms with Gasteiger partial charge in [0, 0.05) is 11.1 Å². The van der Waals surface area contributed by atoms with Gasteiger partial charge in [-0.2, -0.15) is 0 Å². The minimum Gasteiger partial charge on any atom is -0.497 e. The standard InChI is InChI=1S/C21H27FO3.C16H15FO4/c1-13(2)21(24,14(3)4)19-10-15(12-23)6-8-17(19)18-11-16(25-5)7-9-20(18)22;1-20-11-4-6-15(17)13(8-11)12-5-3-10(9-18)7-14(12)16(19)21-2/h6-11,13-14,23-24H,12H2,1-5H3;3-8,18H,9H2,1-2H3. The maximum absolute atomic E-state index is 14.6. The fraction of sp³-hybridized carbons (Fsp3) is 0.324. The maximum Gasteiger partial charge on any atom is 0.338 e. The van der Waals surface area contributed by atoms with Crippen molar-refractivity contribution < 1.29 is 43.1 Å². The highest BCUT2D eigenvalue weighted by molar-refractivity contribution is 5.97. The van der Waals surface area contributed by atoms with Crippen LogP contribution in [0.5, 0.6) is 11.5 Å². The van der Waals surface area contributed by atoms with E-state index in [9.17, 15) is 23.8 Å². The van der Waals surface area contributed by atoms with Gasteiger partial charge in [-0.15, -0.1) is 0 Å². The summed E-state index contributed by atoms with van der Waals surface area (Å²) in [6.07, 6.45) is 0. The molecular formula is C37H42F2O7. The van der Waals surface area contributed by atoms with E-state index in [4.69, 9.17) is 19.3 Å². The van der Waals surface area contributed by atoms with Gasteiger partial charge in [0.25, 0.3) is 0 Å². The van der Waals surface area contributed by atoms with Crippen molar-refractivity contribution >= 4 is 5.97 Å². The zero-order chi connectivity index (χ0) is 34.2. The minimum absolute atomic E-state index is 0.0890. The Morgan fingerprint density at radius 3 is 1.57 bits per heavy atom. The summed E-state index contributed by atoms with van der Waals surface area (Å²) in [6.45, 7) is 7.41.